The molecule has 8 heteroatoms. The molecule has 3 aliphatic rings. The number of hydrogen-bond donors (Lipinski definition) is 0. The number of rotatable bonds is 5. The van der Waals surface area contributed by atoms with Gasteiger partial charge in [-0.2, -0.15) is 0 Å². The third-order valence-corrected chi connectivity index (χ3v) is 5.98. The largest absolute Gasteiger partial charge is 0.463 e. The summed E-state index contributed by atoms with van der Waals surface area (Å²) < 4.78 is 17.4. The van der Waals surface area contributed by atoms with Crippen molar-refractivity contribution in [3.05, 3.63) is 0 Å². The summed E-state index contributed by atoms with van der Waals surface area (Å²) in [5.74, 6) is -3.51. The molecule has 0 radical (unpaired) electrons. The molecule has 3 fully saturated rings. The summed E-state index contributed by atoms with van der Waals surface area (Å²) in [7, 11) is 1.46. The second kappa shape index (κ2) is 6.74. The molecule has 0 aromatic carbocycles. The first-order chi connectivity index (χ1) is 12.7. The van der Waals surface area contributed by atoms with Gasteiger partial charge in [0.1, 0.15) is 12.1 Å². The van der Waals surface area contributed by atoms with Crippen molar-refractivity contribution in [1.29, 1.82) is 0 Å². The minimum absolute atomic E-state index is 0.111. The van der Waals surface area contributed by atoms with Crippen LogP contribution in [0.25, 0.3) is 0 Å². The lowest BCUT2D eigenvalue weighted by Gasteiger charge is -2.51. The molecule has 0 aromatic rings. The van der Waals surface area contributed by atoms with Crippen LogP contribution in [0.1, 0.15) is 47.5 Å². The normalized spacial score (nSPS) is 35.9. The van der Waals surface area contributed by atoms with Crippen LogP contribution < -0.4 is 0 Å². The lowest BCUT2D eigenvalue weighted by Crippen LogP contribution is -2.72. The number of esters is 1. The molecule has 0 N–H and O–H groups in total. The maximum Gasteiger partial charge on any atom is 0.348 e. The Morgan fingerprint density at radius 1 is 1.30 bits per heavy atom. The quantitative estimate of drug-likeness (QED) is 0.523. The predicted octanol–water partition coefficient (Wildman–Crippen LogP) is 1.13. The molecule has 0 aliphatic carbocycles. The van der Waals surface area contributed by atoms with Crippen molar-refractivity contribution in [3.8, 4) is 0 Å². The Labute approximate surface area is 160 Å². The van der Waals surface area contributed by atoms with E-state index in [0.717, 1.165) is 6.42 Å². The average Bonchev–Trinajstić information content (AvgIpc) is 3.19. The Bertz CT molecular complexity index is 650. The lowest BCUT2D eigenvalue weighted by atomic mass is 9.88. The standard InChI is InChI=1S/C19H30N2O6/c1-7-26-17(24)18(12(4)5)16(23)21-14(11(2)3)15(22)20-10-8-9-13(20)19(21,25-6)27-18/h11-14H,7-10H2,1-6H3. The van der Waals surface area contributed by atoms with E-state index in [9.17, 15) is 14.4 Å². The molecule has 0 aromatic heterocycles. The summed E-state index contributed by atoms with van der Waals surface area (Å²) in [5, 5.41) is 0. The Balaban J connectivity index is 2.20. The van der Waals surface area contributed by atoms with E-state index in [2.05, 4.69) is 0 Å². The van der Waals surface area contributed by atoms with Crippen LogP contribution in [0, 0.1) is 11.8 Å². The molecule has 4 atom stereocenters. The second-order valence-corrected chi connectivity index (χ2v) is 8.10. The summed E-state index contributed by atoms with van der Waals surface area (Å²) in [4.78, 5) is 42.9. The smallest absolute Gasteiger partial charge is 0.348 e. The number of nitrogens with zero attached hydrogens (tertiary/aromatic N) is 2. The van der Waals surface area contributed by atoms with Crippen LogP contribution in [0.2, 0.25) is 0 Å². The second-order valence-electron chi connectivity index (χ2n) is 8.10. The van der Waals surface area contributed by atoms with Gasteiger partial charge >= 0.3 is 5.97 Å². The highest BCUT2D eigenvalue weighted by molar-refractivity contribution is 6.09. The zero-order valence-electron chi connectivity index (χ0n) is 17.0. The molecule has 3 heterocycles. The van der Waals surface area contributed by atoms with Crippen LogP contribution in [0.15, 0.2) is 0 Å². The molecule has 3 saturated heterocycles. The first kappa shape index (κ1) is 20.1. The molecule has 3 rings (SSSR count). The van der Waals surface area contributed by atoms with E-state index in [1.807, 2.05) is 13.8 Å². The van der Waals surface area contributed by atoms with Gasteiger partial charge < -0.3 is 19.1 Å². The Kier molecular flexibility index (Phi) is 5.01. The van der Waals surface area contributed by atoms with Crippen LogP contribution >= 0.6 is 0 Å². The number of carbonyl (C=O) groups excluding carboxylic acids is 3. The molecular formula is C19H30N2O6. The monoisotopic (exact) mass is 382 g/mol. The first-order valence-electron chi connectivity index (χ1n) is 9.75. The highest BCUT2D eigenvalue weighted by Crippen LogP contribution is 2.51. The van der Waals surface area contributed by atoms with Crippen molar-refractivity contribution >= 4 is 17.8 Å². The van der Waals surface area contributed by atoms with E-state index < -0.39 is 41.4 Å². The van der Waals surface area contributed by atoms with Crippen molar-refractivity contribution in [2.24, 2.45) is 11.8 Å². The molecule has 0 bridgehead atoms. The van der Waals surface area contributed by atoms with E-state index in [1.54, 1.807) is 25.7 Å². The predicted molar refractivity (Wildman–Crippen MR) is 95.2 cm³/mol. The molecule has 0 saturated carbocycles. The number of fused-ring (bicyclic) bond motifs is 3. The van der Waals surface area contributed by atoms with Crippen molar-refractivity contribution in [1.82, 2.24) is 9.80 Å². The minimum atomic E-state index is -1.82. The van der Waals surface area contributed by atoms with Crippen molar-refractivity contribution < 1.29 is 28.6 Å². The summed E-state index contributed by atoms with van der Waals surface area (Å²) in [5.41, 5.74) is -1.82. The van der Waals surface area contributed by atoms with Crippen LogP contribution in [0.4, 0.5) is 0 Å². The SMILES string of the molecule is CCOC(=O)C1(C(C)C)OC2(OC)C3CCCN3C(=O)C(C(C)C)N2C1=O. The minimum Gasteiger partial charge on any atom is -0.463 e. The summed E-state index contributed by atoms with van der Waals surface area (Å²) in [6.45, 7) is 9.66. The molecule has 2 amide bonds. The van der Waals surface area contributed by atoms with E-state index in [-0.39, 0.29) is 18.4 Å². The van der Waals surface area contributed by atoms with E-state index in [4.69, 9.17) is 14.2 Å². The van der Waals surface area contributed by atoms with Gasteiger partial charge in [-0.15, -0.1) is 0 Å². The molecule has 4 unspecified atom stereocenters. The lowest BCUT2D eigenvalue weighted by molar-refractivity contribution is -0.330. The molecule has 8 nitrogen and oxygen atoms in total. The van der Waals surface area contributed by atoms with E-state index >= 15 is 0 Å². The summed E-state index contributed by atoms with van der Waals surface area (Å²) in [6.07, 6.45) is 1.44. The number of amides is 2. The van der Waals surface area contributed by atoms with Crippen LogP contribution in [-0.4, -0.2) is 71.4 Å². The molecular weight excluding hydrogens is 352 g/mol. The fraction of sp³-hybridized carbons (Fsp3) is 0.842. The van der Waals surface area contributed by atoms with Crippen LogP contribution in [0.3, 0.4) is 0 Å². The molecule has 0 spiro atoms. The third kappa shape index (κ3) is 2.45. The highest BCUT2D eigenvalue weighted by atomic mass is 16.8. The Morgan fingerprint density at radius 3 is 2.48 bits per heavy atom. The van der Waals surface area contributed by atoms with Crippen molar-refractivity contribution in [3.63, 3.8) is 0 Å². The fourth-order valence-electron chi connectivity index (χ4n) is 4.71. The van der Waals surface area contributed by atoms with Gasteiger partial charge in [-0.05, 0) is 25.7 Å². The Hall–Kier alpha value is -1.67. The Morgan fingerprint density at radius 2 is 1.96 bits per heavy atom. The molecule has 3 aliphatic heterocycles. The van der Waals surface area contributed by atoms with E-state index in [1.165, 1.54) is 12.0 Å². The van der Waals surface area contributed by atoms with Gasteiger partial charge in [0.2, 0.25) is 11.5 Å². The number of hydrogen-bond acceptors (Lipinski definition) is 6. The van der Waals surface area contributed by atoms with Gasteiger partial charge in [0.25, 0.3) is 11.8 Å². The summed E-state index contributed by atoms with van der Waals surface area (Å²) >= 11 is 0. The van der Waals surface area contributed by atoms with E-state index in [0.29, 0.717) is 13.0 Å². The van der Waals surface area contributed by atoms with Gasteiger partial charge in [-0.25, -0.2) is 4.79 Å². The number of carbonyl (C=O) groups is 3. The van der Waals surface area contributed by atoms with Gasteiger partial charge in [-0.3, -0.25) is 14.5 Å². The van der Waals surface area contributed by atoms with Crippen LogP contribution in [-0.2, 0) is 28.6 Å². The zero-order valence-corrected chi connectivity index (χ0v) is 17.0. The molecule has 152 valence electrons. The third-order valence-electron chi connectivity index (χ3n) is 5.98. The average molecular weight is 382 g/mol. The maximum atomic E-state index is 13.7. The van der Waals surface area contributed by atoms with Gasteiger partial charge in [0.15, 0.2) is 0 Å². The van der Waals surface area contributed by atoms with Crippen molar-refractivity contribution in [2.75, 3.05) is 20.3 Å². The zero-order chi connectivity index (χ0) is 20.1. The number of piperazine rings is 1. The summed E-state index contributed by atoms with van der Waals surface area (Å²) in [6, 6.07) is -1.19. The molecule has 27 heavy (non-hydrogen) atoms. The van der Waals surface area contributed by atoms with Gasteiger partial charge in [0.05, 0.1) is 6.61 Å². The topological polar surface area (TPSA) is 85.4 Å². The van der Waals surface area contributed by atoms with Gasteiger partial charge in [0, 0.05) is 19.6 Å². The fourth-order valence-corrected chi connectivity index (χ4v) is 4.71. The number of ether oxygens (including phenoxy) is 3. The number of methoxy groups -OCH3 is 1. The highest BCUT2D eigenvalue weighted by Gasteiger charge is 2.75. The van der Waals surface area contributed by atoms with Gasteiger partial charge in [-0.1, -0.05) is 27.7 Å². The van der Waals surface area contributed by atoms with Crippen LogP contribution in [0.5, 0.6) is 0 Å². The first-order valence-corrected chi connectivity index (χ1v) is 9.75. The van der Waals surface area contributed by atoms with Crippen molar-refractivity contribution in [2.45, 2.75) is 71.1 Å². The maximum absolute atomic E-state index is 13.7.